The molecule has 1 spiro atoms. The molecule has 0 amide bonds. The SMILES string of the molecule is O=C1OC2(CCCC2)OC(=O)C1=Cc1ccc(OCc2ccccc2)c(Br)c1. The van der Waals surface area contributed by atoms with E-state index in [0.29, 0.717) is 30.8 Å². The van der Waals surface area contributed by atoms with E-state index in [-0.39, 0.29) is 5.57 Å². The van der Waals surface area contributed by atoms with Gasteiger partial charge in [-0.05, 0) is 58.1 Å². The summed E-state index contributed by atoms with van der Waals surface area (Å²) in [6, 6.07) is 15.2. The van der Waals surface area contributed by atoms with Crippen LogP contribution >= 0.6 is 15.9 Å². The zero-order valence-electron chi connectivity index (χ0n) is 15.2. The maximum atomic E-state index is 12.4. The molecule has 2 aliphatic rings. The molecule has 6 heteroatoms. The molecular formula is C22H19BrO5. The molecule has 1 aliphatic carbocycles. The van der Waals surface area contributed by atoms with E-state index in [2.05, 4.69) is 15.9 Å². The Labute approximate surface area is 171 Å². The van der Waals surface area contributed by atoms with Crippen molar-refractivity contribution in [2.75, 3.05) is 0 Å². The first-order chi connectivity index (χ1) is 13.5. The molecule has 0 bridgehead atoms. The van der Waals surface area contributed by atoms with Crippen LogP contribution in [0.5, 0.6) is 5.75 Å². The Morgan fingerprint density at radius 2 is 1.68 bits per heavy atom. The average Bonchev–Trinajstić information content (AvgIpc) is 3.12. The van der Waals surface area contributed by atoms with Gasteiger partial charge in [0.1, 0.15) is 17.9 Å². The summed E-state index contributed by atoms with van der Waals surface area (Å²) >= 11 is 3.48. The Morgan fingerprint density at radius 3 is 2.32 bits per heavy atom. The summed E-state index contributed by atoms with van der Waals surface area (Å²) in [7, 11) is 0. The van der Waals surface area contributed by atoms with Gasteiger partial charge in [-0.25, -0.2) is 9.59 Å². The van der Waals surface area contributed by atoms with Crippen LogP contribution in [0.1, 0.15) is 36.8 Å². The van der Waals surface area contributed by atoms with Crippen LogP contribution in [-0.2, 0) is 25.7 Å². The van der Waals surface area contributed by atoms with E-state index >= 15 is 0 Å². The number of halogens is 1. The van der Waals surface area contributed by atoms with Gasteiger partial charge < -0.3 is 14.2 Å². The Morgan fingerprint density at radius 1 is 1.00 bits per heavy atom. The van der Waals surface area contributed by atoms with E-state index in [9.17, 15) is 9.59 Å². The number of benzene rings is 2. The molecule has 0 aromatic heterocycles. The second-order valence-corrected chi connectivity index (χ2v) is 7.77. The third kappa shape index (κ3) is 3.97. The van der Waals surface area contributed by atoms with Crippen molar-refractivity contribution in [3.05, 3.63) is 69.7 Å². The highest BCUT2D eigenvalue weighted by Crippen LogP contribution is 2.39. The van der Waals surface area contributed by atoms with Crippen molar-refractivity contribution < 1.29 is 23.8 Å². The lowest BCUT2D eigenvalue weighted by atomic mass is 10.1. The van der Waals surface area contributed by atoms with Crippen molar-refractivity contribution in [1.82, 2.24) is 0 Å². The molecule has 28 heavy (non-hydrogen) atoms. The van der Waals surface area contributed by atoms with Gasteiger partial charge in [-0.2, -0.15) is 0 Å². The largest absolute Gasteiger partial charge is 0.488 e. The minimum absolute atomic E-state index is 0.0950. The standard InChI is InChI=1S/C22H19BrO5/c23-18-13-16(8-9-19(18)26-14-15-6-2-1-3-7-15)12-17-20(24)27-22(28-21(17)25)10-4-5-11-22/h1-3,6-9,12-13H,4-5,10-11,14H2. The van der Waals surface area contributed by atoms with E-state index in [1.165, 1.54) is 6.08 Å². The summed E-state index contributed by atoms with van der Waals surface area (Å²) in [5, 5.41) is 0. The summed E-state index contributed by atoms with van der Waals surface area (Å²) < 4.78 is 17.4. The number of carbonyl (C=O) groups is 2. The van der Waals surface area contributed by atoms with Crippen LogP contribution in [0, 0.1) is 0 Å². The number of hydrogen-bond acceptors (Lipinski definition) is 5. The van der Waals surface area contributed by atoms with Crippen molar-refractivity contribution >= 4 is 33.9 Å². The fourth-order valence-corrected chi connectivity index (χ4v) is 3.92. The molecule has 2 aromatic carbocycles. The number of esters is 2. The molecule has 0 unspecified atom stereocenters. The van der Waals surface area contributed by atoms with E-state index in [0.717, 1.165) is 22.9 Å². The van der Waals surface area contributed by atoms with Crippen molar-refractivity contribution in [3.63, 3.8) is 0 Å². The summed E-state index contributed by atoms with van der Waals surface area (Å²) in [6.07, 6.45) is 4.39. The van der Waals surface area contributed by atoms with Crippen LogP contribution in [0.4, 0.5) is 0 Å². The van der Waals surface area contributed by atoms with E-state index in [4.69, 9.17) is 14.2 Å². The van der Waals surface area contributed by atoms with Crippen molar-refractivity contribution in [1.29, 1.82) is 0 Å². The molecule has 1 saturated carbocycles. The van der Waals surface area contributed by atoms with Crippen LogP contribution in [0.25, 0.3) is 6.08 Å². The van der Waals surface area contributed by atoms with Crippen molar-refractivity contribution in [2.24, 2.45) is 0 Å². The minimum Gasteiger partial charge on any atom is -0.488 e. The molecule has 2 fully saturated rings. The third-order valence-electron chi connectivity index (χ3n) is 4.87. The van der Waals surface area contributed by atoms with E-state index in [1.54, 1.807) is 18.2 Å². The van der Waals surface area contributed by atoms with Gasteiger partial charge in [0, 0.05) is 12.8 Å². The molecule has 0 atom stereocenters. The van der Waals surface area contributed by atoms with Gasteiger partial charge in [-0.3, -0.25) is 0 Å². The van der Waals surface area contributed by atoms with Gasteiger partial charge in [0.2, 0.25) is 0 Å². The zero-order chi connectivity index (χ0) is 19.6. The minimum atomic E-state index is -1.05. The zero-order valence-corrected chi connectivity index (χ0v) is 16.7. The molecule has 1 aliphatic heterocycles. The Bertz CT molecular complexity index is 907. The number of rotatable bonds is 4. The van der Waals surface area contributed by atoms with Gasteiger partial charge in [0.25, 0.3) is 5.79 Å². The summed E-state index contributed by atoms with van der Waals surface area (Å²) in [4.78, 5) is 24.7. The van der Waals surface area contributed by atoms with Crippen molar-refractivity contribution in [2.45, 2.75) is 38.1 Å². The van der Waals surface area contributed by atoms with E-state index in [1.807, 2.05) is 30.3 Å². The lowest BCUT2D eigenvalue weighted by molar-refractivity contribution is -0.232. The molecule has 144 valence electrons. The Kier molecular flexibility index (Phi) is 5.22. The Balaban J connectivity index is 1.48. The molecule has 1 saturated heterocycles. The highest BCUT2D eigenvalue weighted by atomic mass is 79.9. The van der Waals surface area contributed by atoms with Gasteiger partial charge >= 0.3 is 11.9 Å². The third-order valence-corrected chi connectivity index (χ3v) is 5.49. The number of hydrogen-bond donors (Lipinski definition) is 0. The maximum Gasteiger partial charge on any atom is 0.348 e. The second-order valence-electron chi connectivity index (χ2n) is 6.92. The lowest BCUT2D eigenvalue weighted by Crippen LogP contribution is -2.44. The summed E-state index contributed by atoms with van der Waals surface area (Å²) in [5.74, 6) is -1.64. The molecule has 2 aromatic rings. The molecule has 0 N–H and O–H groups in total. The highest BCUT2D eigenvalue weighted by molar-refractivity contribution is 9.10. The fraction of sp³-hybridized carbons (Fsp3) is 0.273. The maximum absolute atomic E-state index is 12.4. The predicted molar refractivity (Wildman–Crippen MR) is 106 cm³/mol. The summed E-state index contributed by atoms with van der Waals surface area (Å²) in [6.45, 7) is 0.445. The normalized spacial score (nSPS) is 18.0. The number of carbonyl (C=O) groups excluding carboxylic acids is 2. The first-order valence-corrected chi connectivity index (χ1v) is 9.99. The van der Waals surface area contributed by atoms with Crippen LogP contribution in [0.3, 0.4) is 0 Å². The monoisotopic (exact) mass is 442 g/mol. The topological polar surface area (TPSA) is 61.8 Å². The highest BCUT2D eigenvalue weighted by Gasteiger charge is 2.47. The molecule has 1 heterocycles. The molecule has 0 radical (unpaired) electrons. The van der Waals surface area contributed by atoms with Crippen LogP contribution in [0.15, 0.2) is 58.6 Å². The van der Waals surface area contributed by atoms with Gasteiger partial charge in [-0.1, -0.05) is 36.4 Å². The fourth-order valence-electron chi connectivity index (χ4n) is 3.41. The molecule has 4 rings (SSSR count). The van der Waals surface area contributed by atoms with Crippen molar-refractivity contribution in [3.8, 4) is 5.75 Å². The van der Waals surface area contributed by atoms with Gasteiger partial charge in [0.15, 0.2) is 0 Å². The summed E-state index contributed by atoms with van der Waals surface area (Å²) in [5.41, 5.74) is 1.64. The Hall–Kier alpha value is -2.60. The quantitative estimate of drug-likeness (QED) is 0.387. The van der Waals surface area contributed by atoms with Gasteiger partial charge in [0.05, 0.1) is 4.47 Å². The van der Waals surface area contributed by atoms with Crippen LogP contribution in [-0.4, -0.2) is 17.7 Å². The van der Waals surface area contributed by atoms with E-state index < -0.39 is 17.7 Å². The molecular weight excluding hydrogens is 424 g/mol. The number of ether oxygens (including phenoxy) is 3. The lowest BCUT2D eigenvalue weighted by Gasteiger charge is -2.32. The predicted octanol–water partition coefficient (Wildman–Crippen LogP) is 4.78. The van der Waals surface area contributed by atoms with Crippen LogP contribution < -0.4 is 4.74 Å². The average molecular weight is 443 g/mol. The van der Waals surface area contributed by atoms with Gasteiger partial charge in [-0.15, -0.1) is 0 Å². The smallest absolute Gasteiger partial charge is 0.348 e. The second kappa shape index (κ2) is 7.80. The first kappa shape index (κ1) is 18.7. The van der Waals surface area contributed by atoms with Crippen LogP contribution in [0.2, 0.25) is 0 Å². The molecule has 5 nitrogen and oxygen atoms in total. The first-order valence-electron chi connectivity index (χ1n) is 9.19.